The molecule has 0 aromatic heterocycles. The van der Waals surface area contributed by atoms with Crippen LogP contribution in [0.4, 0.5) is 0 Å². The lowest BCUT2D eigenvalue weighted by atomic mass is 10.2. The highest BCUT2D eigenvalue weighted by Gasteiger charge is 2.32. The van der Waals surface area contributed by atoms with E-state index in [9.17, 15) is 13.2 Å². The molecule has 0 radical (unpaired) electrons. The molecule has 5 nitrogen and oxygen atoms in total. The number of hydrogen-bond donors (Lipinski definition) is 0. The average Bonchev–Trinajstić information content (AvgIpc) is 3.23. The molecule has 1 amide bonds. The summed E-state index contributed by atoms with van der Waals surface area (Å²) in [6, 6.07) is 8.28. The van der Waals surface area contributed by atoms with Crippen LogP contribution in [0.2, 0.25) is 0 Å². The zero-order chi connectivity index (χ0) is 14.8. The molecule has 0 aliphatic heterocycles. The minimum absolute atomic E-state index is 0.138. The van der Waals surface area contributed by atoms with Crippen LogP contribution in [0.15, 0.2) is 29.2 Å². The fourth-order valence-corrected chi connectivity index (χ4v) is 2.70. The fraction of sp³-hybridized carbons (Fsp3) is 0.429. The number of sulfone groups is 1. The number of nitriles is 1. The monoisotopic (exact) mass is 292 g/mol. The first-order valence-corrected chi connectivity index (χ1v) is 8.30. The Morgan fingerprint density at radius 1 is 1.45 bits per heavy atom. The summed E-state index contributed by atoms with van der Waals surface area (Å²) in [7, 11) is -3.33. The van der Waals surface area contributed by atoms with Gasteiger partial charge in [-0.2, -0.15) is 5.26 Å². The summed E-state index contributed by atoms with van der Waals surface area (Å²) in [6.45, 7) is 0.392. The van der Waals surface area contributed by atoms with Crippen molar-refractivity contribution in [2.24, 2.45) is 0 Å². The maximum atomic E-state index is 12.4. The summed E-state index contributed by atoms with van der Waals surface area (Å²) in [5, 5.41) is 8.65. The largest absolute Gasteiger partial charge is 0.335 e. The van der Waals surface area contributed by atoms with Gasteiger partial charge < -0.3 is 4.90 Å². The van der Waals surface area contributed by atoms with Crippen molar-refractivity contribution in [2.75, 3.05) is 12.8 Å². The highest BCUT2D eigenvalue weighted by Crippen LogP contribution is 2.28. The van der Waals surface area contributed by atoms with Crippen LogP contribution in [0.3, 0.4) is 0 Å². The molecule has 1 fully saturated rings. The summed E-state index contributed by atoms with van der Waals surface area (Å²) in [5.41, 5.74) is 0.359. The van der Waals surface area contributed by atoms with E-state index >= 15 is 0 Å². The summed E-state index contributed by atoms with van der Waals surface area (Å²) in [5.74, 6) is -0.201. The van der Waals surface area contributed by atoms with Gasteiger partial charge in [-0.15, -0.1) is 0 Å². The lowest BCUT2D eigenvalue weighted by Crippen LogP contribution is -2.34. The van der Waals surface area contributed by atoms with Gasteiger partial charge in [-0.25, -0.2) is 8.42 Å². The number of hydrogen-bond acceptors (Lipinski definition) is 4. The van der Waals surface area contributed by atoms with Crippen LogP contribution in [0.25, 0.3) is 0 Å². The first-order chi connectivity index (χ1) is 9.43. The van der Waals surface area contributed by atoms with Crippen molar-refractivity contribution in [1.29, 1.82) is 5.26 Å². The Labute approximate surface area is 118 Å². The minimum Gasteiger partial charge on any atom is -0.335 e. The molecule has 0 saturated heterocycles. The van der Waals surface area contributed by atoms with Gasteiger partial charge >= 0.3 is 0 Å². The van der Waals surface area contributed by atoms with Gasteiger partial charge in [0, 0.05) is 24.4 Å². The van der Waals surface area contributed by atoms with Crippen molar-refractivity contribution in [3.8, 4) is 6.07 Å². The zero-order valence-corrected chi connectivity index (χ0v) is 12.1. The molecule has 0 atom stereocenters. The number of nitrogens with zero attached hydrogens (tertiary/aromatic N) is 2. The highest BCUT2D eigenvalue weighted by atomic mass is 32.2. The molecule has 0 N–H and O–H groups in total. The molecular weight excluding hydrogens is 276 g/mol. The first-order valence-electron chi connectivity index (χ1n) is 6.41. The Balaban J connectivity index is 2.25. The molecule has 106 valence electrons. The molecule has 0 unspecified atom stereocenters. The van der Waals surface area contributed by atoms with E-state index in [4.69, 9.17) is 5.26 Å². The van der Waals surface area contributed by atoms with Crippen LogP contribution in [-0.4, -0.2) is 38.1 Å². The second-order valence-electron chi connectivity index (χ2n) is 4.94. The lowest BCUT2D eigenvalue weighted by molar-refractivity contribution is 0.0746. The molecule has 1 saturated carbocycles. The summed E-state index contributed by atoms with van der Waals surface area (Å²) < 4.78 is 23.1. The van der Waals surface area contributed by atoms with Crippen molar-refractivity contribution in [2.45, 2.75) is 30.2 Å². The summed E-state index contributed by atoms with van der Waals surface area (Å²) in [6.07, 6.45) is 3.30. The van der Waals surface area contributed by atoms with Gasteiger partial charge in [0.25, 0.3) is 5.91 Å². The van der Waals surface area contributed by atoms with Gasteiger partial charge in [0.05, 0.1) is 17.4 Å². The second-order valence-corrected chi connectivity index (χ2v) is 6.95. The van der Waals surface area contributed by atoms with Crippen molar-refractivity contribution >= 4 is 15.7 Å². The predicted octanol–water partition coefficient (Wildman–Crippen LogP) is 1.61. The van der Waals surface area contributed by atoms with E-state index < -0.39 is 9.84 Å². The molecule has 0 bridgehead atoms. The van der Waals surface area contributed by atoms with E-state index in [1.54, 1.807) is 17.0 Å². The van der Waals surface area contributed by atoms with E-state index in [0.29, 0.717) is 12.1 Å². The van der Waals surface area contributed by atoms with Crippen molar-refractivity contribution < 1.29 is 13.2 Å². The van der Waals surface area contributed by atoms with Crippen molar-refractivity contribution in [3.05, 3.63) is 29.8 Å². The van der Waals surface area contributed by atoms with Crippen LogP contribution in [0.5, 0.6) is 0 Å². The topological polar surface area (TPSA) is 78.2 Å². The SMILES string of the molecule is CS(=O)(=O)c1cccc(C(=O)N(CCC#N)C2CC2)c1. The normalized spacial score (nSPS) is 14.6. The number of amides is 1. The number of carbonyl (C=O) groups is 1. The Bertz CT molecular complexity index is 657. The molecule has 0 heterocycles. The van der Waals surface area contributed by atoms with E-state index in [0.717, 1.165) is 19.1 Å². The third kappa shape index (κ3) is 3.36. The Hall–Kier alpha value is -1.87. The van der Waals surface area contributed by atoms with E-state index in [1.165, 1.54) is 12.1 Å². The van der Waals surface area contributed by atoms with Gasteiger partial charge in [-0.05, 0) is 31.0 Å². The van der Waals surface area contributed by atoms with E-state index in [2.05, 4.69) is 0 Å². The predicted molar refractivity (Wildman–Crippen MR) is 73.8 cm³/mol. The first kappa shape index (κ1) is 14.5. The third-order valence-corrected chi connectivity index (χ3v) is 4.33. The third-order valence-electron chi connectivity index (χ3n) is 3.22. The highest BCUT2D eigenvalue weighted by molar-refractivity contribution is 7.90. The maximum absolute atomic E-state index is 12.4. The Morgan fingerprint density at radius 2 is 2.15 bits per heavy atom. The van der Waals surface area contributed by atoms with Crippen LogP contribution in [0.1, 0.15) is 29.6 Å². The van der Waals surface area contributed by atoms with Gasteiger partial charge in [0.15, 0.2) is 9.84 Å². The molecule has 1 aromatic rings. The average molecular weight is 292 g/mol. The smallest absolute Gasteiger partial charge is 0.254 e. The molecule has 1 aliphatic rings. The van der Waals surface area contributed by atoms with Crippen LogP contribution in [0, 0.1) is 11.3 Å². The molecular formula is C14H16N2O3S. The zero-order valence-electron chi connectivity index (χ0n) is 11.2. The quantitative estimate of drug-likeness (QED) is 0.826. The lowest BCUT2D eigenvalue weighted by Gasteiger charge is -2.21. The summed E-state index contributed by atoms with van der Waals surface area (Å²) >= 11 is 0. The fourth-order valence-electron chi connectivity index (χ4n) is 2.03. The standard InChI is InChI=1S/C14H16N2O3S/c1-20(18,19)13-5-2-4-11(10-13)14(17)16(9-3-8-15)12-6-7-12/h2,4-5,10,12H,3,6-7,9H2,1H3. The Morgan fingerprint density at radius 3 is 2.70 bits per heavy atom. The van der Waals surface area contributed by atoms with E-state index in [1.807, 2.05) is 6.07 Å². The molecule has 2 rings (SSSR count). The number of carbonyl (C=O) groups excluding carboxylic acids is 1. The Kier molecular flexibility index (Phi) is 4.09. The molecule has 20 heavy (non-hydrogen) atoms. The van der Waals surface area contributed by atoms with Crippen LogP contribution in [-0.2, 0) is 9.84 Å². The molecule has 1 aliphatic carbocycles. The van der Waals surface area contributed by atoms with Crippen LogP contribution >= 0.6 is 0 Å². The van der Waals surface area contributed by atoms with Gasteiger partial charge in [-0.3, -0.25) is 4.79 Å². The maximum Gasteiger partial charge on any atom is 0.254 e. The molecule has 0 spiro atoms. The van der Waals surface area contributed by atoms with Gasteiger partial charge in [0.1, 0.15) is 0 Å². The van der Waals surface area contributed by atoms with Crippen molar-refractivity contribution in [1.82, 2.24) is 4.90 Å². The van der Waals surface area contributed by atoms with Gasteiger partial charge in [0.2, 0.25) is 0 Å². The molecule has 1 aromatic carbocycles. The van der Waals surface area contributed by atoms with Crippen molar-refractivity contribution in [3.63, 3.8) is 0 Å². The second kappa shape index (κ2) is 5.63. The van der Waals surface area contributed by atoms with Gasteiger partial charge in [-0.1, -0.05) is 6.07 Å². The van der Waals surface area contributed by atoms with Crippen LogP contribution < -0.4 is 0 Å². The number of benzene rings is 1. The number of rotatable bonds is 5. The minimum atomic E-state index is -3.33. The summed E-state index contributed by atoms with van der Waals surface area (Å²) in [4.78, 5) is 14.2. The van der Waals surface area contributed by atoms with E-state index in [-0.39, 0.29) is 23.3 Å². The molecule has 6 heteroatoms.